The maximum atomic E-state index is 11.9. The Kier molecular flexibility index (Phi) is 6.51. The first-order valence-corrected chi connectivity index (χ1v) is 11.2. The number of likely N-dealkylation sites (N-methyl/N-ethyl adjacent to an activating group) is 1. The Labute approximate surface area is 207 Å². The van der Waals surface area contributed by atoms with Crippen molar-refractivity contribution >= 4 is 45.5 Å². The largest absolute Gasteiger partial charge is 0.494 e. The summed E-state index contributed by atoms with van der Waals surface area (Å²) in [7, 11) is 3.24. The van der Waals surface area contributed by atoms with Crippen LogP contribution in [0.5, 0.6) is 5.75 Å². The Morgan fingerprint density at radius 2 is 2.06 bits per heavy atom. The fourth-order valence-electron chi connectivity index (χ4n) is 3.98. The number of nitro groups is 1. The first-order valence-electron chi connectivity index (χ1n) is 10.8. The standard InChI is InChI=1S/C24H26ClN7O3/c1-24(2,26)13-31(3)19-10-21(35-4)18(9-20(19)32(33)34)29-23-28-12-16(25)22(30-23)15-11-27-17-8-6-5-7-14(15)17/h5-12,27H,13,26H2,1-4H3,(H,28,29,30). The van der Waals surface area contributed by atoms with Crippen LogP contribution in [-0.2, 0) is 0 Å². The number of aromatic nitrogens is 3. The van der Waals surface area contributed by atoms with Crippen molar-refractivity contribution in [1.29, 1.82) is 0 Å². The van der Waals surface area contributed by atoms with E-state index in [-0.39, 0.29) is 11.6 Å². The van der Waals surface area contributed by atoms with Crippen LogP contribution in [-0.4, -0.2) is 46.1 Å². The summed E-state index contributed by atoms with van der Waals surface area (Å²) in [6.45, 7) is 4.11. The normalized spacial score (nSPS) is 11.5. The SMILES string of the molecule is COc1cc(N(C)CC(C)(C)N)c([N+](=O)[O-])cc1Nc1ncc(Cl)c(-c2c[nH]c3ccccc23)n1. The molecule has 0 aliphatic carbocycles. The van der Waals surface area contributed by atoms with Crippen LogP contribution in [0.4, 0.5) is 23.0 Å². The molecule has 0 atom stereocenters. The van der Waals surface area contributed by atoms with E-state index in [9.17, 15) is 10.1 Å². The van der Waals surface area contributed by atoms with Crippen LogP contribution in [0.15, 0.2) is 48.8 Å². The Bertz CT molecular complexity index is 1400. The van der Waals surface area contributed by atoms with Crippen LogP contribution >= 0.6 is 11.6 Å². The minimum Gasteiger partial charge on any atom is -0.494 e. The van der Waals surface area contributed by atoms with Gasteiger partial charge in [-0.2, -0.15) is 0 Å². The fraction of sp³-hybridized carbons (Fsp3) is 0.250. The third kappa shape index (κ3) is 5.13. The van der Waals surface area contributed by atoms with Gasteiger partial charge < -0.3 is 25.7 Å². The van der Waals surface area contributed by atoms with E-state index in [0.29, 0.717) is 34.4 Å². The highest BCUT2D eigenvalue weighted by molar-refractivity contribution is 6.33. The van der Waals surface area contributed by atoms with Crippen LogP contribution in [0.2, 0.25) is 5.02 Å². The molecule has 0 aliphatic rings. The van der Waals surface area contributed by atoms with Crippen molar-refractivity contribution < 1.29 is 9.66 Å². The number of nitrogens with two attached hydrogens (primary N) is 1. The van der Waals surface area contributed by atoms with Gasteiger partial charge in [0, 0.05) is 53.9 Å². The molecule has 11 heteroatoms. The van der Waals surface area contributed by atoms with Crippen LogP contribution in [0.3, 0.4) is 0 Å². The van der Waals surface area contributed by atoms with Crippen molar-refractivity contribution in [1.82, 2.24) is 15.0 Å². The number of rotatable bonds is 8. The molecule has 4 aromatic rings. The molecule has 0 bridgehead atoms. The number of fused-ring (bicyclic) bond motifs is 1. The van der Waals surface area contributed by atoms with Crippen molar-refractivity contribution in [3.63, 3.8) is 0 Å². The smallest absolute Gasteiger partial charge is 0.294 e. The Balaban J connectivity index is 1.74. The number of anilines is 3. The topological polar surface area (TPSA) is 135 Å². The molecule has 35 heavy (non-hydrogen) atoms. The Hall–Kier alpha value is -3.89. The van der Waals surface area contributed by atoms with Gasteiger partial charge in [-0.05, 0) is 19.9 Å². The molecule has 0 unspecified atom stereocenters. The lowest BCUT2D eigenvalue weighted by atomic mass is 10.1. The van der Waals surface area contributed by atoms with Gasteiger partial charge in [0.1, 0.15) is 11.4 Å². The summed E-state index contributed by atoms with van der Waals surface area (Å²) in [6.07, 6.45) is 3.32. The highest BCUT2D eigenvalue weighted by Gasteiger charge is 2.25. The second-order valence-electron chi connectivity index (χ2n) is 8.91. The molecule has 0 saturated heterocycles. The number of ether oxygens (including phenoxy) is 1. The van der Waals surface area contributed by atoms with E-state index in [4.69, 9.17) is 22.1 Å². The zero-order valence-electron chi connectivity index (χ0n) is 19.8. The Morgan fingerprint density at radius 3 is 2.74 bits per heavy atom. The van der Waals surface area contributed by atoms with Gasteiger partial charge in [0.05, 0.1) is 34.6 Å². The zero-order chi connectivity index (χ0) is 25.3. The number of benzene rings is 2. The number of nitro benzene ring substituents is 1. The van der Waals surface area contributed by atoms with Crippen LogP contribution in [0.25, 0.3) is 22.2 Å². The molecule has 182 valence electrons. The minimum atomic E-state index is -0.553. The number of nitrogens with one attached hydrogen (secondary N) is 2. The fourth-order valence-corrected chi connectivity index (χ4v) is 4.17. The second kappa shape index (κ2) is 9.40. The molecule has 0 amide bonds. The van der Waals surface area contributed by atoms with Gasteiger partial charge in [0.25, 0.3) is 5.69 Å². The first kappa shape index (κ1) is 24.2. The second-order valence-corrected chi connectivity index (χ2v) is 9.31. The van der Waals surface area contributed by atoms with Crippen molar-refractivity contribution in [3.8, 4) is 17.0 Å². The summed E-state index contributed by atoms with van der Waals surface area (Å²) < 4.78 is 5.53. The summed E-state index contributed by atoms with van der Waals surface area (Å²) >= 11 is 6.43. The number of para-hydroxylation sites is 1. The van der Waals surface area contributed by atoms with Gasteiger partial charge in [0.15, 0.2) is 0 Å². The molecule has 0 radical (unpaired) electrons. The molecular formula is C24H26ClN7O3. The minimum absolute atomic E-state index is 0.106. The third-order valence-electron chi connectivity index (χ3n) is 5.38. The van der Waals surface area contributed by atoms with Crippen LogP contribution in [0.1, 0.15) is 13.8 Å². The summed E-state index contributed by atoms with van der Waals surface area (Å²) in [6, 6.07) is 10.8. The number of aromatic amines is 1. The maximum Gasteiger partial charge on any atom is 0.294 e. The number of hydrogen-bond acceptors (Lipinski definition) is 8. The molecule has 10 nitrogen and oxygen atoms in total. The quantitative estimate of drug-likeness (QED) is 0.226. The van der Waals surface area contributed by atoms with E-state index in [0.717, 1.165) is 16.5 Å². The van der Waals surface area contributed by atoms with Crippen molar-refractivity contribution in [2.75, 3.05) is 30.9 Å². The van der Waals surface area contributed by atoms with Gasteiger partial charge in [-0.3, -0.25) is 10.1 Å². The average molecular weight is 496 g/mol. The monoisotopic (exact) mass is 495 g/mol. The third-order valence-corrected chi connectivity index (χ3v) is 5.66. The molecule has 2 aromatic carbocycles. The van der Waals surface area contributed by atoms with Crippen molar-refractivity contribution in [2.24, 2.45) is 5.73 Å². The summed E-state index contributed by atoms with van der Waals surface area (Å²) in [5.74, 6) is 0.603. The molecule has 4 rings (SSSR count). The lowest BCUT2D eigenvalue weighted by Crippen LogP contribution is -2.44. The molecule has 0 spiro atoms. The molecular weight excluding hydrogens is 470 g/mol. The zero-order valence-corrected chi connectivity index (χ0v) is 20.6. The van der Waals surface area contributed by atoms with Crippen molar-refractivity contribution in [2.45, 2.75) is 19.4 Å². The van der Waals surface area contributed by atoms with E-state index in [1.54, 1.807) is 18.0 Å². The summed E-state index contributed by atoms with van der Waals surface area (Å²) in [5.41, 5.74) is 8.47. The molecule has 4 N–H and O–H groups in total. The molecule has 0 fully saturated rings. The maximum absolute atomic E-state index is 11.9. The number of methoxy groups -OCH3 is 1. The van der Waals surface area contributed by atoms with Crippen LogP contribution < -0.4 is 20.7 Å². The van der Waals surface area contributed by atoms with Gasteiger partial charge in [-0.15, -0.1) is 0 Å². The predicted octanol–water partition coefficient (Wildman–Crippen LogP) is 5.11. The van der Waals surface area contributed by atoms with E-state index in [1.165, 1.54) is 19.4 Å². The lowest BCUT2D eigenvalue weighted by Gasteiger charge is -2.28. The van der Waals surface area contributed by atoms with E-state index in [1.807, 2.05) is 44.3 Å². The molecule has 0 saturated carbocycles. The number of halogens is 1. The van der Waals surface area contributed by atoms with Gasteiger partial charge in [-0.1, -0.05) is 29.8 Å². The van der Waals surface area contributed by atoms with E-state index in [2.05, 4.69) is 20.3 Å². The number of H-pyrrole nitrogens is 1. The van der Waals surface area contributed by atoms with Gasteiger partial charge >= 0.3 is 0 Å². The van der Waals surface area contributed by atoms with Gasteiger partial charge in [-0.25, -0.2) is 9.97 Å². The molecule has 2 aromatic heterocycles. The average Bonchev–Trinajstić information content (AvgIpc) is 3.22. The first-order chi connectivity index (χ1) is 16.6. The van der Waals surface area contributed by atoms with Gasteiger partial charge in [0.2, 0.25) is 5.95 Å². The van der Waals surface area contributed by atoms with E-state index < -0.39 is 10.5 Å². The summed E-state index contributed by atoms with van der Waals surface area (Å²) in [4.78, 5) is 25.3. The van der Waals surface area contributed by atoms with Crippen LogP contribution in [0, 0.1) is 10.1 Å². The number of nitrogens with zero attached hydrogens (tertiary/aromatic N) is 4. The van der Waals surface area contributed by atoms with E-state index >= 15 is 0 Å². The predicted molar refractivity (Wildman–Crippen MR) is 139 cm³/mol. The molecule has 0 aliphatic heterocycles. The summed E-state index contributed by atoms with van der Waals surface area (Å²) in [5, 5.41) is 16.3. The highest BCUT2D eigenvalue weighted by atomic mass is 35.5. The highest BCUT2D eigenvalue weighted by Crippen LogP contribution is 2.40. The Morgan fingerprint density at radius 1 is 1.31 bits per heavy atom. The number of hydrogen-bond donors (Lipinski definition) is 3. The van der Waals surface area contributed by atoms with Crippen molar-refractivity contribution in [3.05, 3.63) is 63.9 Å². The lowest BCUT2D eigenvalue weighted by molar-refractivity contribution is -0.384. The molecule has 2 heterocycles.